The number of benzene rings is 1. The van der Waals surface area contributed by atoms with Gasteiger partial charge in [-0.1, -0.05) is 12.1 Å². The van der Waals surface area contributed by atoms with E-state index in [9.17, 15) is 0 Å². The van der Waals surface area contributed by atoms with E-state index < -0.39 is 0 Å². The monoisotopic (exact) mass is 212 g/mol. The predicted molar refractivity (Wildman–Crippen MR) is 62.1 cm³/mol. The van der Waals surface area contributed by atoms with Crippen LogP contribution in [0.2, 0.25) is 0 Å². The van der Waals surface area contributed by atoms with Crippen molar-refractivity contribution in [3.8, 4) is 17.0 Å². The molecule has 1 aliphatic heterocycles. The number of aryl methyl sites for hydroxylation is 2. The van der Waals surface area contributed by atoms with E-state index in [0.717, 1.165) is 5.75 Å². The number of aromatic nitrogens is 1. The standard InChI is InChI=1S/C14H14NO/c1-10-5-3-7-12-13(10)14-11(9-16-12)6-4-8-15(14)2/h3-8H,9H2,1-2H3/q+1. The minimum absolute atomic E-state index is 0.667. The van der Waals surface area contributed by atoms with Gasteiger partial charge >= 0.3 is 0 Å². The molecule has 0 aliphatic carbocycles. The lowest BCUT2D eigenvalue weighted by atomic mass is 9.98. The Labute approximate surface area is 95.1 Å². The summed E-state index contributed by atoms with van der Waals surface area (Å²) in [6.07, 6.45) is 2.08. The molecule has 0 saturated carbocycles. The Hall–Kier alpha value is -1.83. The van der Waals surface area contributed by atoms with Crippen LogP contribution >= 0.6 is 0 Å². The first-order valence-electron chi connectivity index (χ1n) is 5.47. The number of ether oxygens (including phenoxy) is 1. The van der Waals surface area contributed by atoms with E-state index in [1.165, 1.54) is 22.4 Å². The van der Waals surface area contributed by atoms with Gasteiger partial charge in [0.1, 0.15) is 19.4 Å². The molecular weight excluding hydrogens is 198 g/mol. The predicted octanol–water partition coefficient (Wildman–Crippen LogP) is 2.38. The van der Waals surface area contributed by atoms with Gasteiger partial charge in [0.15, 0.2) is 6.20 Å². The number of fused-ring (bicyclic) bond motifs is 3. The normalized spacial score (nSPS) is 12.6. The van der Waals surface area contributed by atoms with Crippen LogP contribution in [0.1, 0.15) is 11.1 Å². The third-order valence-corrected chi connectivity index (χ3v) is 3.12. The summed E-state index contributed by atoms with van der Waals surface area (Å²) in [6.45, 7) is 2.80. The molecule has 2 heteroatoms. The maximum atomic E-state index is 5.77. The Morgan fingerprint density at radius 2 is 2.06 bits per heavy atom. The Bertz CT molecular complexity index is 509. The van der Waals surface area contributed by atoms with Crippen molar-refractivity contribution in [1.29, 1.82) is 0 Å². The van der Waals surface area contributed by atoms with Crippen molar-refractivity contribution in [2.24, 2.45) is 7.05 Å². The summed E-state index contributed by atoms with van der Waals surface area (Å²) in [6, 6.07) is 10.4. The van der Waals surface area contributed by atoms with Crippen LogP contribution in [0.3, 0.4) is 0 Å². The molecule has 0 bridgehead atoms. The third kappa shape index (κ3) is 1.23. The highest BCUT2D eigenvalue weighted by molar-refractivity contribution is 5.72. The highest BCUT2D eigenvalue weighted by Crippen LogP contribution is 2.37. The second-order valence-corrected chi connectivity index (χ2v) is 4.23. The molecule has 2 nitrogen and oxygen atoms in total. The highest BCUT2D eigenvalue weighted by atomic mass is 16.5. The first-order valence-corrected chi connectivity index (χ1v) is 5.47. The first kappa shape index (κ1) is 9.40. The molecule has 1 aromatic heterocycles. The molecule has 0 N–H and O–H groups in total. The molecule has 1 aliphatic rings. The van der Waals surface area contributed by atoms with Gasteiger partial charge in [-0.05, 0) is 24.6 Å². The van der Waals surface area contributed by atoms with Gasteiger partial charge in [-0.2, -0.15) is 0 Å². The number of hydrogen-bond donors (Lipinski definition) is 0. The zero-order chi connectivity index (χ0) is 11.1. The number of hydrogen-bond acceptors (Lipinski definition) is 1. The molecule has 0 atom stereocenters. The van der Waals surface area contributed by atoms with E-state index in [0.29, 0.717) is 6.61 Å². The molecule has 0 fully saturated rings. The molecule has 16 heavy (non-hydrogen) atoms. The first-order chi connectivity index (χ1) is 7.77. The van der Waals surface area contributed by atoms with E-state index in [1.54, 1.807) is 0 Å². The highest BCUT2D eigenvalue weighted by Gasteiger charge is 2.26. The van der Waals surface area contributed by atoms with Crippen LogP contribution in [-0.2, 0) is 13.7 Å². The van der Waals surface area contributed by atoms with Crippen LogP contribution in [-0.4, -0.2) is 0 Å². The van der Waals surface area contributed by atoms with Crippen molar-refractivity contribution in [2.45, 2.75) is 13.5 Å². The van der Waals surface area contributed by atoms with Crippen molar-refractivity contribution in [3.63, 3.8) is 0 Å². The van der Waals surface area contributed by atoms with E-state index in [-0.39, 0.29) is 0 Å². The summed E-state index contributed by atoms with van der Waals surface area (Å²) in [5.74, 6) is 0.995. The van der Waals surface area contributed by atoms with Crippen molar-refractivity contribution >= 4 is 0 Å². The van der Waals surface area contributed by atoms with Crippen molar-refractivity contribution in [1.82, 2.24) is 0 Å². The van der Waals surface area contributed by atoms with E-state index >= 15 is 0 Å². The zero-order valence-corrected chi connectivity index (χ0v) is 9.53. The second-order valence-electron chi connectivity index (χ2n) is 4.23. The van der Waals surface area contributed by atoms with Gasteiger partial charge in [0, 0.05) is 6.07 Å². The van der Waals surface area contributed by atoms with Gasteiger partial charge in [0.2, 0.25) is 5.69 Å². The molecule has 2 aromatic rings. The lowest BCUT2D eigenvalue weighted by molar-refractivity contribution is -0.661. The molecule has 0 spiro atoms. The average Bonchev–Trinajstić information content (AvgIpc) is 2.29. The number of rotatable bonds is 0. The number of nitrogens with zero attached hydrogens (tertiary/aromatic N) is 1. The Balaban J connectivity index is 2.37. The summed E-state index contributed by atoms with van der Waals surface area (Å²) in [7, 11) is 2.08. The van der Waals surface area contributed by atoms with Gasteiger partial charge < -0.3 is 4.74 Å². The summed E-state index contributed by atoms with van der Waals surface area (Å²) in [5, 5.41) is 0. The maximum Gasteiger partial charge on any atom is 0.222 e. The van der Waals surface area contributed by atoms with Gasteiger partial charge in [0.05, 0.1) is 11.1 Å². The van der Waals surface area contributed by atoms with E-state index in [4.69, 9.17) is 4.74 Å². The minimum atomic E-state index is 0.667. The Kier molecular flexibility index (Phi) is 1.96. The van der Waals surface area contributed by atoms with Crippen LogP contribution in [0, 0.1) is 6.92 Å². The lowest BCUT2D eigenvalue weighted by Crippen LogP contribution is -2.33. The Morgan fingerprint density at radius 1 is 1.19 bits per heavy atom. The fourth-order valence-electron chi connectivity index (χ4n) is 2.34. The molecule has 0 saturated heterocycles. The van der Waals surface area contributed by atoms with Gasteiger partial charge in [-0.15, -0.1) is 0 Å². The van der Waals surface area contributed by atoms with Crippen molar-refractivity contribution < 1.29 is 9.30 Å². The molecule has 80 valence electrons. The van der Waals surface area contributed by atoms with Gasteiger partial charge in [-0.3, -0.25) is 0 Å². The number of pyridine rings is 1. The van der Waals surface area contributed by atoms with Crippen LogP contribution in [0.15, 0.2) is 36.5 Å². The van der Waals surface area contributed by atoms with Crippen molar-refractivity contribution in [2.75, 3.05) is 0 Å². The Morgan fingerprint density at radius 3 is 2.94 bits per heavy atom. The summed E-state index contributed by atoms with van der Waals surface area (Å²) >= 11 is 0. The fourth-order valence-corrected chi connectivity index (χ4v) is 2.34. The quantitative estimate of drug-likeness (QED) is 0.611. The molecular formula is C14H14NO+. The zero-order valence-electron chi connectivity index (χ0n) is 9.53. The fraction of sp³-hybridized carbons (Fsp3) is 0.214. The van der Waals surface area contributed by atoms with Crippen LogP contribution in [0.5, 0.6) is 5.75 Å². The maximum absolute atomic E-state index is 5.77. The average molecular weight is 212 g/mol. The topological polar surface area (TPSA) is 13.1 Å². The SMILES string of the molecule is Cc1cccc2c1-c1c(ccc[n+]1C)CO2. The molecule has 0 amide bonds. The second kappa shape index (κ2) is 3.34. The summed E-state index contributed by atoms with van der Waals surface area (Å²) < 4.78 is 7.94. The molecule has 2 heterocycles. The van der Waals surface area contributed by atoms with Crippen LogP contribution < -0.4 is 9.30 Å². The van der Waals surface area contributed by atoms with Gasteiger partial charge in [0.25, 0.3) is 0 Å². The minimum Gasteiger partial charge on any atom is -0.488 e. The largest absolute Gasteiger partial charge is 0.488 e. The van der Waals surface area contributed by atoms with Gasteiger partial charge in [-0.25, -0.2) is 4.57 Å². The third-order valence-electron chi connectivity index (χ3n) is 3.12. The molecule has 1 aromatic carbocycles. The smallest absolute Gasteiger partial charge is 0.222 e. The van der Waals surface area contributed by atoms with Crippen LogP contribution in [0.4, 0.5) is 0 Å². The van der Waals surface area contributed by atoms with E-state index in [2.05, 4.69) is 42.9 Å². The summed E-state index contributed by atoms with van der Waals surface area (Å²) in [4.78, 5) is 0. The lowest BCUT2D eigenvalue weighted by Gasteiger charge is -2.19. The van der Waals surface area contributed by atoms with Crippen molar-refractivity contribution in [3.05, 3.63) is 47.7 Å². The molecule has 0 radical (unpaired) electrons. The van der Waals surface area contributed by atoms with Crippen LogP contribution in [0.25, 0.3) is 11.3 Å². The van der Waals surface area contributed by atoms with E-state index in [1.807, 2.05) is 12.1 Å². The molecule has 3 rings (SSSR count). The molecule has 0 unspecified atom stereocenters. The summed E-state index contributed by atoms with van der Waals surface area (Å²) in [5.41, 5.74) is 5.03.